The molecule has 0 bridgehead atoms. The van der Waals surface area contributed by atoms with Crippen LogP contribution in [0, 0.1) is 10.1 Å². The highest BCUT2D eigenvalue weighted by atomic mass is 32.1. The Kier molecular flexibility index (Phi) is 2.68. The van der Waals surface area contributed by atoms with E-state index in [2.05, 4.69) is 0 Å². The van der Waals surface area contributed by atoms with Gasteiger partial charge in [-0.15, -0.1) is 11.3 Å². The lowest BCUT2D eigenvalue weighted by Crippen LogP contribution is -2.37. The molecule has 1 aromatic heterocycles. The van der Waals surface area contributed by atoms with Gasteiger partial charge < -0.3 is 5.11 Å². The molecule has 1 N–H and O–H groups in total. The first-order valence-corrected chi connectivity index (χ1v) is 4.70. The average Bonchev–Trinajstić information content (AvgIpc) is 2.54. The van der Waals surface area contributed by atoms with Crippen LogP contribution in [-0.2, 0) is 0 Å². The topological polar surface area (TPSA) is 63.4 Å². The minimum Gasteiger partial charge on any atom is -0.380 e. The van der Waals surface area contributed by atoms with E-state index in [-0.39, 0.29) is 0 Å². The number of hydrogen-bond acceptors (Lipinski definition) is 4. The van der Waals surface area contributed by atoms with Crippen LogP contribution >= 0.6 is 11.3 Å². The maximum atomic E-state index is 10.6. The zero-order valence-electron chi connectivity index (χ0n) is 7.43. The summed E-state index contributed by atoms with van der Waals surface area (Å²) in [6.45, 7) is 2.83. The van der Waals surface area contributed by atoms with Crippen molar-refractivity contribution in [1.29, 1.82) is 0 Å². The fourth-order valence-electron chi connectivity index (χ4n) is 0.895. The Morgan fingerprint density at radius 3 is 2.69 bits per heavy atom. The molecule has 0 saturated carbocycles. The largest absolute Gasteiger partial charge is 0.380 e. The van der Waals surface area contributed by atoms with Crippen LogP contribution in [0.2, 0.25) is 0 Å². The molecule has 0 aliphatic heterocycles. The highest BCUT2D eigenvalue weighted by Crippen LogP contribution is 2.30. The molecule has 1 atom stereocenters. The first-order valence-electron chi connectivity index (χ1n) is 3.82. The van der Waals surface area contributed by atoms with Gasteiger partial charge in [0.05, 0.1) is 0 Å². The van der Waals surface area contributed by atoms with Gasteiger partial charge in [0.25, 0.3) is 0 Å². The molecular weight excluding hydrogens is 190 g/mol. The molecule has 1 rings (SSSR count). The van der Waals surface area contributed by atoms with Crippen LogP contribution in [0.3, 0.4) is 0 Å². The summed E-state index contributed by atoms with van der Waals surface area (Å²) < 4.78 is 0. The molecule has 0 saturated heterocycles. The molecule has 0 radical (unpaired) electrons. The van der Waals surface area contributed by atoms with Crippen LogP contribution in [0.25, 0.3) is 0 Å². The van der Waals surface area contributed by atoms with Crippen molar-refractivity contribution in [1.82, 2.24) is 0 Å². The first kappa shape index (κ1) is 10.1. The molecular formula is C8H11NO3S. The molecule has 0 fully saturated rings. The Morgan fingerprint density at radius 1 is 1.69 bits per heavy atom. The molecule has 5 heteroatoms. The number of hydrogen-bond donors (Lipinski definition) is 1. The summed E-state index contributed by atoms with van der Waals surface area (Å²) in [5.41, 5.74) is -1.33. The standard InChI is InChI=1S/C8H11NO3S/c1-8(2,9(11)12)7(10)6-4-3-5-13-6/h3-5,7,10H,1-2H3/t7-/m1/s1. The zero-order valence-corrected chi connectivity index (χ0v) is 8.25. The first-order chi connectivity index (χ1) is 5.96. The monoisotopic (exact) mass is 201 g/mol. The molecule has 0 spiro atoms. The molecule has 72 valence electrons. The second-order valence-electron chi connectivity index (χ2n) is 3.33. The lowest BCUT2D eigenvalue weighted by Gasteiger charge is -2.20. The fraction of sp³-hybridized carbons (Fsp3) is 0.500. The Balaban J connectivity index is 2.90. The SMILES string of the molecule is CC(C)([C@H](O)c1cccs1)[N+](=O)[O-]. The number of thiophene rings is 1. The summed E-state index contributed by atoms with van der Waals surface area (Å²) in [5, 5.41) is 22.1. The van der Waals surface area contributed by atoms with Gasteiger partial charge in [-0.1, -0.05) is 6.07 Å². The number of rotatable bonds is 3. The van der Waals surface area contributed by atoms with Crippen molar-refractivity contribution >= 4 is 11.3 Å². The van der Waals surface area contributed by atoms with Crippen LogP contribution in [0.5, 0.6) is 0 Å². The van der Waals surface area contributed by atoms with Crippen molar-refractivity contribution in [3.8, 4) is 0 Å². The molecule has 1 aromatic rings. The summed E-state index contributed by atoms with van der Waals surface area (Å²) in [7, 11) is 0. The normalized spacial score (nSPS) is 14.1. The Bertz CT molecular complexity index is 294. The third-order valence-electron chi connectivity index (χ3n) is 1.95. The highest BCUT2D eigenvalue weighted by molar-refractivity contribution is 7.10. The summed E-state index contributed by atoms with van der Waals surface area (Å²) in [5.74, 6) is 0. The van der Waals surface area contributed by atoms with Crippen molar-refractivity contribution in [3.05, 3.63) is 32.5 Å². The number of nitro groups is 1. The lowest BCUT2D eigenvalue weighted by atomic mass is 9.97. The Morgan fingerprint density at radius 2 is 2.31 bits per heavy atom. The van der Waals surface area contributed by atoms with E-state index in [1.54, 1.807) is 17.5 Å². The van der Waals surface area contributed by atoms with Gasteiger partial charge in [-0.2, -0.15) is 0 Å². The predicted octanol–water partition coefficient (Wildman–Crippen LogP) is 1.84. The smallest absolute Gasteiger partial charge is 0.247 e. The molecule has 0 unspecified atom stereocenters. The molecule has 4 nitrogen and oxygen atoms in total. The Labute approximate surface area is 80.0 Å². The third kappa shape index (κ3) is 1.87. The minimum atomic E-state index is -1.33. The number of aliphatic hydroxyl groups excluding tert-OH is 1. The number of nitrogens with zero attached hydrogens (tertiary/aromatic N) is 1. The maximum absolute atomic E-state index is 10.6. The van der Waals surface area contributed by atoms with E-state index in [4.69, 9.17) is 0 Å². The van der Waals surface area contributed by atoms with Crippen LogP contribution in [0.4, 0.5) is 0 Å². The maximum Gasteiger partial charge on any atom is 0.247 e. The highest BCUT2D eigenvalue weighted by Gasteiger charge is 2.41. The van der Waals surface area contributed by atoms with E-state index in [1.807, 2.05) is 0 Å². The van der Waals surface area contributed by atoms with Crippen molar-refractivity contribution in [2.45, 2.75) is 25.5 Å². The van der Waals surface area contributed by atoms with Gasteiger partial charge >= 0.3 is 0 Å². The summed E-state index contributed by atoms with van der Waals surface area (Å²) in [6, 6.07) is 3.46. The van der Waals surface area contributed by atoms with E-state index in [0.29, 0.717) is 4.88 Å². The van der Waals surface area contributed by atoms with Gasteiger partial charge in [0.1, 0.15) is 0 Å². The minimum absolute atomic E-state index is 0.461. The quantitative estimate of drug-likeness (QED) is 0.599. The van der Waals surface area contributed by atoms with E-state index in [1.165, 1.54) is 25.2 Å². The van der Waals surface area contributed by atoms with Crippen molar-refractivity contribution in [3.63, 3.8) is 0 Å². The predicted molar refractivity (Wildman–Crippen MR) is 50.4 cm³/mol. The van der Waals surface area contributed by atoms with Gasteiger partial charge in [-0.05, 0) is 11.4 Å². The van der Waals surface area contributed by atoms with Gasteiger partial charge in [0.15, 0.2) is 6.10 Å². The van der Waals surface area contributed by atoms with Crippen LogP contribution < -0.4 is 0 Å². The van der Waals surface area contributed by atoms with Crippen LogP contribution in [0.15, 0.2) is 17.5 Å². The molecule has 13 heavy (non-hydrogen) atoms. The van der Waals surface area contributed by atoms with Gasteiger partial charge in [0.2, 0.25) is 5.54 Å². The van der Waals surface area contributed by atoms with E-state index in [9.17, 15) is 15.2 Å². The van der Waals surface area contributed by atoms with Gasteiger partial charge in [0, 0.05) is 23.6 Å². The van der Waals surface area contributed by atoms with E-state index < -0.39 is 16.6 Å². The molecule has 1 heterocycles. The second-order valence-corrected chi connectivity index (χ2v) is 4.31. The molecule has 0 aromatic carbocycles. The molecule has 0 aliphatic carbocycles. The molecule has 0 amide bonds. The van der Waals surface area contributed by atoms with Crippen molar-refractivity contribution < 1.29 is 10.0 Å². The van der Waals surface area contributed by atoms with Gasteiger partial charge in [-0.25, -0.2) is 0 Å². The van der Waals surface area contributed by atoms with Crippen molar-refractivity contribution in [2.75, 3.05) is 0 Å². The number of aliphatic hydroxyl groups is 1. The zero-order chi connectivity index (χ0) is 10.1. The van der Waals surface area contributed by atoms with Gasteiger partial charge in [-0.3, -0.25) is 10.1 Å². The lowest BCUT2D eigenvalue weighted by molar-refractivity contribution is -0.574. The van der Waals surface area contributed by atoms with E-state index in [0.717, 1.165) is 0 Å². The summed E-state index contributed by atoms with van der Waals surface area (Å²) in [6.07, 6.45) is -1.04. The second kappa shape index (κ2) is 3.43. The third-order valence-corrected chi connectivity index (χ3v) is 2.88. The van der Waals surface area contributed by atoms with Crippen LogP contribution in [0.1, 0.15) is 24.8 Å². The molecule has 0 aliphatic rings. The Hall–Kier alpha value is -0.940. The fourth-order valence-corrected chi connectivity index (χ4v) is 1.78. The van der Waals surface area contributed by atoms with Crippen LogP contribution in [-0.4, -0.2) is 15.6 Å². The van der Waals surface area contributed by atoms with Crippen molar-refractivity contribution in [2.24, 2.45) is 0 Å². The summed E-state index contributed by atoms with van der Waals surface area (Å²) >= 11 is 1.32. The average molecular weight is 201 g/mol. The summed E-state index contributed by atoms with van der Waals surface area (Å²) in [4.78, 5) is 10.8. The van der Waals surface area contributed by atoms with E-state index >= 15 is 0 Å².